The summed E-state index contributed by atoms with van der Waals surface area (Å²) in [7, 11) is 1.72. The average Bonchev–Trinajstić information content (AvgIpc) is 3.31. The molecule has 0 spiro atoms. The topological polar surface area (TPSA) is 83.7 Å². The third-order valence-corrected chi connectivity index (χ3v) is 5.98. The molecule has 0 aliphatic carbocycles. The van der Waals surface area contributed by atoms with Gasteiger partial charge in [0, 0.05) is 32.4 Å². The fourth-order valence-corrected chi connectivity index (χ4v) is 3.96. The molecule has 1 N–H and O–H groups in total. The van der Waals surface area contributed by atoms with Gasteiger partial charge in [-0.3, -0.25) is 4.90 Å². The molecule has 8 heteroatoms. The highest BCUT2D eigenvalue weighted by molar-refractivity contribution is 5.90. The number of hydrogen-bond acceptors (Lipinski definition) is 6. The molecule has 2 saturated heterocycles. The molecule has 0 bridgehead atoms. The normalized spacial score (nSPS) is 20.1. The number of methoxy groups -OCH3 is 1. The Morgan fingerprint density at radius 1 is 1.31 bits per heavy atom. The first-order valence-corrected chi connectivity index (χ1v) is 10.2. The van der Waals surface area contributed by atoms with E-state index in [4.69, 9.17) is 9.26 Å². The molecule has 1 unspecified atom stereocenters. The van der Waals surface area contributed by atoms with Crippen molar-refractivity contribution in [3.63, 3.8) is 0 Å². The number of urea groups is 1. The van der Waals surface area contributed by atoms with Crippen LogP contribution in [0.4, 0.5) is 10.5 Å². The minimum Gasteiger partial charge on any atom is -0.383 e. The van der Waals surface area contributed by atoms with Gasteiger partial charge in [-0.25, -0.2) is 4.79 Å². The number of rotatable bonds is 6. The molecule has 2 aromatic rings. The van der Waals surface area contributed by atoms with E-state index in [0.717, 1.165) is 37.2 Å². The highest BCUT2D eigenvalue weighted by Crippen LogP contribution is 2.32. The maximum atomic E-state index is 12.5. The number of anilines is 1. The van der Waals surface area contributed by atoms with Crippen molar-refractivity contribution in [2.24, 2.45) is 0 Å². The SMILES string of the molecule is COCCN1CCCC1c1nc(C2CN(C(=O)Nc3ccc(C)c(C)c3)C2)no1. The summed E-state index contributed by atoms with van der Waals surface area (Å²) < 4.78 is 10.8. The van der Waals surface area contributed by atoms with Crippen LogP contribution in [0.3, 0.4) is 0 Å². The van der Waals surface area contributed by atoms with Gasteiger partial charge in [0.05, 0.1) is 18.6 Å². The van der Waals surface area contributed by atoms with Gasteiger partial charge in [0.1, 0.15) is 0 Å². The molecule has 1 atom stereocenters. The lowest BCUT2D eigenvalue weighted by Gasteiger charge is -2.37. The number of aryl methyl sites for hydroxylation is 2. The molecule has 29 heavy (non-hydrogen) atoms. The van der Waals surface area contributed by atoms with Crippen molar-refractivity contribution in [2.45, 2.75) is 38.6 Å². The fraction of sp³-hybridized carbons (Fsp3) is 0.571. The zero-order valence-corrected chi connectivity index (χ0v) is 17.4. The first kappa shape index (κ1) is 19.8. The van der Waals surface area contributed by atoms with Crippen molar-refractivity contribution >= 4 is 11.7 Å². The zero-order chi connectivity index (χ0) is 20.4. The summed E-state index contributed by atoms with van der Waals surface area (Å²) >= 11 is 0. The van der Waals surface area contributed by atoms with Crippen LogP contribution in [0.2, 0.25) is 0 Å². The van der Waals surface area contributed by atoms with Crippen LogP contribution in [0.5, 0.6) is 0 Å². The van der Waals surface area contributed by atoms with Crippen molar-refractivity contribution in [1.82, 2.24) is 19.9 Å². The minimum atomic E-state index is -0.0882. The van der Waals surface area contributed by atoms with Gasteiger partial charge in [0.25, 0.3) is 0 Å². The number of hydrogen-bond donors (Lipinski definition) is 1. The van der Waals surface area contributed by atoms with Gasteiger partial charge >= 0.3 is 6.03 Å². The molecule has 0 radical (unpaired) electrons. The number of carbonyl (C=O) groups excluding carboxylic acids is 1. The van der Waals surface area contributed by atoms with Crippen molar-refractivity contribution < 1.29 is 14.1 Å². The molecule has 2 fully saturated rings. The lowest BCUT2D eigenvalue weighted by atomic mass is 10.00. The Kier molecular flexibility index (Phi) is 5.82. The molecule has 1 aromatic heterocycles. The first-order valence-electron chi connectivity index (χ1n) is 10.2. The molecule has 2 amide bonds. The summed E-state index contributed by atoms with van der Waals surface area (Å²) in [6, 6.07) is 6.03. The Morgan fingerprint density at radius 2 is 2.14 bits per heavy atom. The second kappa shape index (κ2) is 8.51. The zero-order valence-electron chi connectivity index (χ0n) is 17.4. The van der Waals surface area contributed by atoms with Gasteiger partial charge in [-0.05, 0) is 56.5 Å². The number of ether oxygens (including phenoxy) is 1. The van der Waals surface area contributed by atoms with Gasteiger partial charge in [-0.1, -0.05) is 11.2 Å². The summed E-state index contributed by atoms with van der Waals surface area (Å²) in [5.74, 6) is 1.52. The van der Waals surface area contributed by atoms with Gasteiger partial charge in [-0.15, -0.1) is 0 Å². The molecule has 2 aliphatic heterocycles. The molecular weight excluding hydrogens is 370 g/mol. The van der Waals surface area contributed by atoms with E-state index in [9.17, 15) is 4.79 Å². The second-order valence-electron chi connectivity index (χ2n) is 8.01. The predicted molar refractivity (Wildman–Crippen MR) is 109 cm³/mol. The van der Waals surface area contributed by atoms with E-state index in [1.807, 2.05) is 25.1 Å². The molecule has 0 saturated carbocycles. The predicted octanol–water partition coefficient (Wildman–Crippen LogP) is 3.10. The number of nitrogens with zero attached hydrogens (tertiary/aromatic N) is 4. The Hall–Kier alpha value is -2.45. The molecule has 3 heterocycles. The summed E-state index contributed by atoms with van der Waals surface area (Å²) in [6.45, 7) is 7.91. The van der Waals surface area contributed by atoms with E-state index in [2.05, 4.69) is 27.3 Å². The van der Waals surface area contributed by atoms with Crippen LogP contribution < -0.4 is 5.32 Å². The Morgan fingerprint density at radius 3 is 2.90 bits per heavy atom. The lowest BCUT2D eigenvalue weighted by molar-refractivity contribution is 0.129. The molecular formula is C21H29N5O3. The molecule has 8 nitrogen and oxygen atoms in total. The molecule has 156 valence electrons. The molecule has 4 rings (SSSR count). The Balaban J connectivity index is 1.31. The number of likely N-dealkylation sites (tertiary alicyclic amines) is 2. The standard InChI is InChI=1S/C21H29N5O3/c1-14-6-7-17(11-15(14)2)22-21(27)26-12-16(13-26)19-23-20(29-24-19)18-5-4-8-25(18)9-10-28-3/h6-7,11,16,18H,4-5,8-10,12-13H2,1-3H3,(H,22,27). The van der Waals surface area contributed by atoms with Gasteiger partial charge in [-0.2, -0.15) is 4.98 Å². The van der Waals surface area contributed by atoms with Crippen LogP contribution in [0.25, 0.3) is 0 Å². The van der Waals surface area contributed by atoms with Crippen molar-refractivity contribution in [1.29, 1.82) is 0 Å². The summed E-state index contributed by atoms with van der Waals surface area (Å²) in [5, 5.41) is 7.16. The highest BCUT2D eigenvalue weighted by Gasteiger charge is 2.37. The van der Waals surface area contributed by atoms with Crippen LogP contribution in [0.15, 0.2) is 22.7 Å². The van der Waals surface area contributed by atoms with Crippen molar-refractivity contribution in [3.05, 3.63) is 41.0 Å². The minimum absolute atomic E-state index is 0.0882. The number of aromatic nitrogens is 2. The third-order valence-electron chi connectivity index (χ3n) is 5.98. The van der Waals surface area contributed by atoms with E-state index >= 15 is 0 Å². The van der Waals surface area contributed by atoms with Crippen LogP contribution in [0, 0.1) is 13.8 Å². The number of carbonyl (C=O) groups is 1. The van der Waals surface area contributed by atoms with Gasteiger partial charge in [0.2, 0.25) is 5.89 Å². The fourth-order valence-electron chi connectivity index (χ4n) is 3.96. The molecule has 1 aromatic carbocycles. The van der Waals surface area contributed by atoms with E-state index in [1.54, 1.807) is 12.0 Å². The maximum Gasteiger partial charge on any atom is 0.321 e. The average molecular weight is 399 g/mol. The van der Waals surface area contributed by atoms with Crippen LogP contribution in [-0.2, 0) is 4.74 Å². The van der Waals surface area contributed by atoms with Gasteiger partial charge in [0.15, 0.2) is 5.82 Å². The Labute approximate surface area is 171 Å². The van der Waals surface area contributed by atoms with E-state index < -0.39 is 0 Å². The first-order chi connectivity index (χ1) is 14.0. The van der Waals surface area contributed by atoms with Crippen LogP contribution >= 0.6 is 0 Å². The second-order valence-corrected chi connectivity index (χ2v) is 8.01. The number of nitrogens with one attached hydrogen (secondary N) is 1. The largest absolute Gasteiger partial charge is 0.383 e. The van der Waals surface area contributed by atoms with Crippen molar-refractivity contribution in [2.75, 3.05) is 45.2 Å². The summed E-state index contributed by atoms with van der Waals surface area (Å²) in [6.07, 6.45) is 2.16. The number of benzene rings is 1. The van der Waals surface area contributed by atoms with E-state index in [0.29, 0.717) is 31.4 Å². The van der Waals surface area contributed by atoms with Crippen molar-refractivity contribution in [3.8, 4) is 0 Å². The van der Waals surface area contributed by atoms with E-state index in [-0.39, 0.29) is 18.0 Å². The maximum absolute atomic E-state index is 12.5. The summed E-state index contributed by atoms with van der Waals surface area (Å²) in [5.41, 5.74) is 3.19. The van der Waals surface area contributed by atoms with E-state index in [1.165, 1.54) is 5.56 Å². The highest BCUT2D eigenvalue weighted by atomic mass is 16.5. The number of amides is 2. The van der Waals surface area contributed by atoms with Crippen LogP contribution in [0.1, 0.15) is 47.6 Å². The quantitative estimate of drug-likeness (QED) is 0.804. The smallest absolute Gasteiger partial charge is 0.321 e. The monoisotopic (exact) mass is 399 g/mol. The van der Waals surface area contributed by atoms with Gasteiger partial charge < -0.3 is 19.5 Å². The molecule has 2 aliphatic rings. The lowest BCUT2D eigenvalue weighted by Crippen LogP contribution is -2.50. The van der Waals surface area contributed by atoms with Crippen LogP contribution in [-0.4, -0.2) is 65.9 Å². The summed E-state index contributed by atoms with van der Waals surface area (Å²) in [4.78, 5) is 21.2. The Bertz CT molecular complexity index is 862. The third kappa shape index (κ3) is 4.28.